The van der Waals surface area contributed by atoms with Crippen LogP contribution in [0.5, 0.6) is 5.75 Å². The second-order valence-electron chi connectivity index (χ2n) is 5.53. The molecule has 0 aromatic heterocycles. The fraction of sp³-hybridized carbons (Fsp3) is 0.562. The molecule has 0 aliphatic carbocycles. The lowest BCUT2D eigenvalue weighted by Gasteiger charge is -2.32. The number of hydrogen-bond acceptors (Lipinski definition) is 2. The average Bonchev–Trinajstić information content (AvgIpc) is 2.41. The minimum Gasteiger partial charge on any atom is -0.481 e. The zero-order valence-corrected chi connectivity index (χ0v) is 12.1. The molecule has 0 bridgehead atoms. The van der Waals surface area contributed by atoms with Crippen molar-refractivity contribution in [1.29, 1.82) is 0 Å². The molecule has 0 N–H and O–H groups in total. The van der Waals surface area contributed by atoms with Crippen LogP contribution in [0.25, 0.3) is 0 Å². The van der Waals surface area contributed by atoms with Crippen LogP contribution in [0.1, 0.15) is 32.3 Å². The Balaban J connectivity index is 1.94. The Morgan fingerprint density at radius 2 is 1.95 bits per heavy atom. The first-order valence-electron chi connectivity index (χ1n) is 7.09. The van der Waals surface area contributed by atoms with Gasteiger partial charge in [0.2, 0.25) is 0 Å². The third kappa shape index (κ3) is 3.49. The molecular formula is C16H23NO2. The minimum atomic E-state index is -0.408. The third-order valence-electron chi connectivity index (χ3n) is 3.84. The fourth-order valence-corrected chi connectivity index (χ4v) is 2.42. The van der Waals surface area contributed by atoms with Gasteiger partial charge < -0.3 is 9.64 Å². The summed E-state index contributed by atoms with van der Waals surface area (Å²) in [7, 11) is 0. The molecule has 1 aromatic carbocycles. The third-order valence-corrected chi connectivity index (χ3v) is 3.84. The normalized spacial score (nSPS) is 18.2. The quantitative estimate of drug-likeness (QED) is 0.837. The van der Waals surface area contributed by atoms with Crippen LogP contribution >= 0.6 is 0 Å². The lowest BCUT2D eigenvalue weighted by atomic mass is 9.99. The number of para-hydroxylation sites is 1. The molecule has 2 rings (SSSR count). The highest BCUT2D eigenvalue weighted by Crippen LogP contribution is 2.20. The van der Waals surface area contributed by atoms with Gasteiger partial charge in [-0.25, -0.2) is 0 Å². The smallest absolute Gasteiger partial charge is 0.263 e. The minimum absolute atomic E-state index is 0.107. The molecular weight excluding hydrogens is 238 g/mol. The summed E-state index contributed by atoms with van der Waals surface area (Å²) in [6.45, 7) is 7.81. The highest BCUT2D eigenvalue weighted by Gasteiger charge is 2.25. The van der Waals surface area contributed by atoms with Crippen molar-refractivity contribution in [3.05, 3.63) is 29.8 Å². The fourth-order valence-electron chi connectivity index (χ4n) is 2.42. The van der Waals surface area contributed by atoms with E-state index < -0.39 is 6.10 Å². The van der Waals surface area contributed by atoms with Gasteiger partial charge in [-0.05, 0) is 44.2 Å². The van der Waals surface area contributed by atoms with E-state index in [9.17, 15) is 4.79 Å². The summed E-state index contributed by atoms with van der Waals surface area (Å²) in [6, 6.07) is 7.81. The zero-order valence-electron chi connectivity index (χ0n) is 12.1. The van der Waals surface area contributed by atoms with E-state index in [1.54, 1.807) is 0 Å². The number of carbonyl (C=O) groups is 1. The van der Waals surface area contributed by atoms with E-state index in [4.69, 9.17) is 4.74 Å². The number of benzene rings is 1. The highest BCUT2D eigenvalue weighted by molar-refractivity contribution is 5.81. The van der Waals surface area contributed by atoms with Gasteiger partial charge in [0.05, 0.1) is 0 Å². The molecule has 1 amide bonds. The van der Waals surface area contributed by atoms with Gasteiger partial charge in [0.1, 0.15) is 5.75 Å². The first-order chi connectivity index (χ1) is 9.08. The summed E-state index contributed by atoms with van der Waals surface area (Å²) in [6.07, 6.45) is 1.79. The molecule has 1 heterocycles. The molecule has 1 atom stereocenters. The Kier molecular flexibility index (Phi) is 4.46. The number of amides is 1. The molecule has 1 aliphatic rings. The number of ether oxygens (including phenoxy) is 1. The zero-order chi connectivity index (χ0) is 13.8. The monoisotopic (exact) mass is 261 g/mol. The summed E-state index contributed by atoms with van der Waals surface area (Å²) in [5.74, 6) is 1.64. The number of piperidine rings is 1. The average molecular weight is 261 g/mol. The van der Waals surface area contributed by atoms with Crippen LogP contribution in [-0.2, 0) is 4.79 Å². The van der Waals surface area contributed by atoms with Crippen LogP contribution in [0.2, 0.25) is 0 Å². The van der Waals surface area contributed by atoms with Gasteiger partial charge in [-0.15, -0.1) is 0 Å². The molecule has 0 unspecified atom stereocenters. The van der Waals surface area contributed by atoms with Crippen molar-refractivity contribution in [2.75, 3.05) is 13.1 Å². The van der Waals surface area contributed by atoms with E-state index in [1.165, 1.54) is 0 Å². The molecule has 0 spiro atoms. The number of rotatable bonds is 3. The molecule has 1 aromatic rings. The summed E-state index contributed by atoms with van der Waals surface area (Å²) in [5.41, 5.74) is 1.06. The Bertz CT molecular complexity index is 436. The molecule has 0 saturated carbocycles. The van der Waals surface area contributed by atoms with Crippen LogP contribution in [-0.4, -0.2) is 30.0 Å². The van der Waals surface area contributed by atoms with Gasteiger partial charge in [-0.1, -0.05) is 25.1 Å². The van der Waals surface area contributed by atoms with Crippen molar-refractivity contribution < 1.29 is 9.53 Å². The van der Waals surface area contributed by atoms with E-state index in [1.807, 2.05) is 43.0 Å². The molecule has 0 radical (unpaired) electrons. The number of hydrogen-bond donors (Lipinski definition) is 0. The van der Waals surface area contributed by atoms with Gasteiger partial charge >= 0.3 is 0 Å². The Morgan fingerprint density at radius 3 is 2.58 bits per heavy atom. The number of carbonyl (C=O) groups excluding carboxylic acids is 1. The molecule has 3 heteroatoms. The van der Waals surface area contributed by atoms with Crippen molar-refractivity contribution in [3.8, 4) is 5.75 Å². The van der Waals surface area contributed by atoms with Crippen LogP contribution in [0, 0.1) is 12.8 Å². The van der Waals surface area contributed by atoms with E-state index in [2.05, 4.69) is 6.92 Å². The molecule has 104 valence electrons. The van der Waals surface area contributed by atoms with Crippen LogP contribution in [0.4, 0.5) is 0 Å². The van der Waals surface area contributed by atoms with Gasteiger partial charge in [0.15, 0.2) is 6.10 Å². The first kappa shape index (κ1) is 13.9. The second kappa shape index (κ2) is 6.09. The molecule has 19 heavy (non-hydrogen) atoms. The van der Waals surface area contributed by atoms with Crippen molar-refractivity contribution in [1.82, 2.24) is 4.90 Å². The number of aryl methyl sites for hydroxylation is 1. The maximum Gasteiger partial charge on any atom is 0.263 e. The molecule has 3 nitrogen and oxygen atoms in total. The SMILES string of the molecule is Cc1ccccc1O[C@@H](C)C(=O)N1CCC(C)CC1. The van der Waals surface area contributed by atoms with E-state index in [0.29, 0.717) is 0 Å². The van der Waals surface area contributed by atoms with E-state index in [0.717, 1.165) is 43.2 Å². The van der Waals surface area contributed by atoms with Crippen LogP contribution in [0.3, 0.4) is 0 Å². The summed E-state index contributed by atoms with van der Waals surface area (Å²) < 4.78 is 5.80. The van der Waals surface area contributed by atoms with Gasteiger partial charge in [0, 0.05) is 13.1 Å². The van der Waals surface area contributed by atoms with Gasteiger partial charge in [-0.2, -0.15) is 0 Å². The van der Waals surface area contributed by atoms with Crippen molar-refractivity contribution in [2.24, 2.45) is 5.92 Å². The lowest BCUT2D eigenvalue weighted by molar-refractivity contribution is -0.139. The Labute approximate surface area is 115 Å². The van der Waals surface area contributed by atoms with Gasteiger partial charge in [-0.3, -0.25) is 4.79 Å². The predicted octanol–water partition coefficient (Wildman–Crippen LogP) is 3.02. The summed E-state index contributed by atoms with van der Waals surface area (Å²) >= 11 is 0. The maximum atomic E-state index is 12.3. The lowest BCUT2D eigenvalue weighted by Crippen LogP contribution is -2.44. The van der Waals surface area contributed by atoms with Crippen molar-refractivity contribution in [2.45, 2.75) is 39.7 Å². The number of nitrogens with zero attached hydrogens (tertiary/aromatic N) is 1. The molecule has 1 aliphatic heterocycles. The topological polar surface area (TPSA) is 29.5 Å². The Hall–Kier alpha value is -1.51. The standard InChI is InChI=1S/C16H23NO2/c1-12-8-10-17(11-9-12)16(18)14(3)19-15-7-5-4-6-13(15)2/h4-7,12,14H,8-11H2,1-3H3/t14-/m0/s1. The first-order valence-corrected chi connectivity index (χ1v) is 7.09. The Morgan fingerprint density at radius 1 is 1.32 bits per heavy atom. The second-order valence-corrected chi connectivity index (χ2v) is 5.53. The summed E-state index contributed by atoms with van der Waals surface area (Å²) in [4.78, 5) is 14.3. The predicted molar refractivity (Wildman–Crippen MR) is 76.2 cm³/mol. The van der Waals surface area contributed by atoms with E-state index in [-0.39, 0.29) is 5.91 Å². The molecule has 1 fully saturated rings. The highest BCUT2D eigenvalue weighted by atomic mass is 16.5. The van der Waals surface area contributed by atoms with Crippen LogP contribution in [0.15, 0.2) is 24.3 Å². The van der Waals surface area contributed by atoms with Crippen molar-refractivity contribution in [3.63, 3.8) is 0 Å². The van der Waals surface area contributed by atoms with Crippen LogP contribution < -0.4 is 4.74 Å². The maximum absolute atomic E-state index is 12.3. The summed E-state index contributed by atoms with van der Waals surface area (Å²) in [5, 5.41) is 0. The molecule has 1 saturated heterocycles. The van der Waals surface area contributed by atoms with Gasteiger partial charge in [0.25, 0.3) is 5.91 Å². The van der Waals surface area contributed by atoms with E-state index >= 15 is 0 Å². The number of likely N-dealkylation sites (tertiary alicyclic amines) is 1. The van der Waals surface area contributed by atoms with Crippen molar-refractivity contribution >= 4 is 5.91 Å². The largest absolute Gasteiger partial charge is 0.481 e.